The Kier molecular flexibility index (Phi) is 7.43. The van der Waals surface area contributed by atoms with Crippen molar-refractivity contribution in [3.05, 3.63) is 53.1 Å². The second-order valence-corrected chi connectivity index (χ2v) is 12.2. The number of likely N-dealkylation sites (tertiary alicyclic amines) is 1. The molecular formula is C27H34N4O5S. The maximum Gasteiger partial charge on any atom is 0.253 e. The number of hydrogen-bond donors (Lipinski definition) is 2. The van der Waals surface area contributed by atoms with Gasteiger partial charge in [0.1, 0.15) is 0 Å². The van der Waals surface area contributed by atoms with Gasteiger partial charge in [-0.05, 0) is 73.9 Å². The third-order valence-electron chi connectivity index (χ3n) is 7.36. The molecule has 2 heterocycles. The Morgan fingerprint density at radius 3 is 2.11 bits per heavy atom. The summed E-state index contributed by atoms with van der Waals surface area (Å²) < 4.78 is 28.2. The highest BCUT2D eigenvalue weighted by atomic mass is 32.2. The minimum absolute atomic E-state index is 0.111. The lowest BCUT2D eigenvalue weighted by molar-refractivity contribution is -0.115. The fourth-order valence-electron chi connectivity index (χ4n) is 5.29. The molecule has 2 aliphatic rings. The molecule has 0 unspecified atom stereocenters. The van der Waals surface area contributed by atoms with E-state index in [9.17, 15) is 22.8 Å². The molecule has 37 heavy (non-hydrogen) atoms. The zero-order chi connectivity index (χ0) is 27.0. The van der Waals surface area contributed by atoms with Gasteiger partial charge >= 0.3 is 0 Å². The Balaban J connectivity index is 1.45. The molecule has 2 aliphatic heterocycles. The molecule has 2 aromatic rings. The summed E-state index contributed by atoms with van der Waals surface area (Å²) in [7, 11) is -3.57. The van der Waals surface area contributed by atoms with Crippen molar-refractivity contribution in [1.29, 1.82) is 0 Å². The first-order chi connectivity index (χ1) is 17.4. The Hall–Kier alpha value is -3.24. The van der Waals surface area contributed by atoms with Crippen LogP contribution in [-0.2, 0) is 19.6 Å². The van der Waals surface area contributed by atoms with E-state index < -0.39 is 10.0 Å². The van der Waals surface area contributed by atoms with Crippen molar-refractivity contribution < 1.29 is 22.8 Å². The van der Waals surface area contributed by atoms with Crippen LogP contribution in [0.4, 0.5) is 11.4 Å². The number of carbonyl (C=O) groups is 3. The topological polar surface area (TPSA) is 116 Å². The van der Waals surface area contributed by atoms with Gasteiger partial charge in [-0.2, -0.15) is 4.31 Å². The Labute approximate surface area is 218 Å². The van der Waals surface area contributed by atoms with Crippen LogP contribution in [-0.4, -0.2) is 61.5 Å². The van der Waals surface area contributed by atoms with Gasteiger partial charge < -0.3 is 15.5 Å². The van der Waals surface area contributed by atoms with E-state index >= 15 is 0 Å². The number of hydrogen-bond acceptors (Lipinski definition) is 5. The highest BCUT2D eigenvalue weighted by molar-refractivity contribution is 7.89. The van der Waals surface area contributed by atoms with E-state index in [4.69, 9.17) is 0 Å². The van der Waals surface area contributed by atoms with Crippen LogP contribution in [0.25, 0.3) is 0 Å². The van der Waals surface area contributed by atoms with E-state index in [-0.39, 0.29) is 23.1 Å². The molecule has 10 heteroatoms. The van der Waals surface area contributed by atoms with Crippen LogP contribution in [0, 0.1) is 19.3 Å². The molecule has 2 N–H and O–H groups in total. The lowest BCUT2D eigenvalue weighted by Crippen LogP contribution is -2.44. The largest absolute Gasteiger partial charge is 0.338 e. The summed E-state index contributed by atoms with van der Waals surface area (Å²) in [6.45, 7) is 8.45. The molecule has 3 amide bonds. The number of anilines is 2. The van der Waals surface area contributed by atoms with Gasteiger partial charge in [0.05, 0.1) is 16.3 Å². The summed E-state index contributed by atoms with van der Waals surface area (Å²) in [4.78, 5) is 38.7. The van der Waals surface area contributed by atoms with Crippen molar-refractivity contribution in [2.24, 2.45) is 5.41 Å². The number of sulfonamides is 1. The Bertz CT molecular complexity index is 1350. The molecule has 0 aliphatic carbocycles. The van der Waals surface area contributed by atoms with Crippen molar-refractivity contribution in [3.8, 4) is 0 Å². The first kappa shape index (κ1) is 26.8. The van der Waals surface area contributed by atoms with Crippen molar-refractivity contribution >= 4 is 39.1 Å². The molecule has 0 atom stereocenters. The molecular weight excluding hydrogens is 492 g/mol. The van der Waals surface area contributed by atoms with E-state index in [1.54, 1.807) is 33.5 Å². The molecule has 2 aromatic carbocycles. The molecule has 2 fully saturated rings. The molecule has 4 rings (SSSR count). The summed E-state index contributed by atoms with van der Waals surface area (Å²) >= 11 is 0. The van der Waals surface area contributed by atoms with Gasteiger partial charge in [0.15, 0.2) is 0 Å². The minimum Gasteiger partial charge on any atom is -0.338 e. The number of amides is 3. The van der Waals surface area contributed by atoms with Gasteiger partial charge in [-0.1, -0.05) is 12.1 Å². The van der Waals surface area contributed by atoms with Crippen molar-refractivity contribution in [3.63, 3.8) is 0 Å². The lowest BCUT2D eigenvalue weighted by Gasteiger charge is -2.38. The number of carbonyl (C=O) groups excluding carboxylic acids is 3. The highest BCUT2D eigenvalue weighted by Gasteiger charge is 2.44. The molecule has 198 valence electrons. The van der Waals surface area contributed by atoms with Gasteiger partial charge in [-0.15, -0.1) is 0 Å². The smallest absolute Gasteiger partial charge is 0.253 e. The summed E-state index contributed by atoms with van der Waals surface area (Å²) in [6, 6.07) is 10.3. The molecule has 9 nitrogen and oxygen atoms in total. The third-order valence-corrected chi connectivity index (χ3v) is 9.40. The standard InChI is InChI=1S/C27H34N4O5S/c1-18-5-6-19(2)25(15-18)37(35,36)31-13-10-27(11-14-31)9-12-30(17-27)26(34)22-7-8-23(28-20(3)32)24(16-22)29-21(4)33/h5-8,15-16H,9-14,17H2,1-4H3,(H,28,32)(H,29,33). The highest BCUT2D eigenvalue weighted by Crippen LogP contribution is 2.42. The SMILES string of the molecule is CC(=O)Nc1ccc(C(=O)N2CCC3(CCN(S(=O)(=O)c4cc(C)ccc4C)CC3)C2)cc1NC(C)=O. The lowest BCUT2D eigenvalue weighted by atomic mass is 9.78. The molecule has 0 aromatic heterocycles. The second-order valence-electron chi connectivity index (χ2n) is 10.3. The monoisotopic (exact) mass is 526 g/mol. The van der Waals surface area contributed by atoms with E-state index in [0.717, 1.165) is 17.5 Å². The van der Waals surface area contributed by atoms with Crippen LogP contribution in [0.15, 0.2) is 41.3 Å². The van der Waals surface area contributed by atoms with E-state index in [2.05, 4.69) is 10.6 Å². The van der Waals surface area contributed by atoms with Gasteiger partial charge in [0.2, 0.25) is 21.8 Å². The zero-order valence-corrected chi connectivity index (χ0v) is 22.6. The van der Waals surface area contributed by atoms with E-state index in [1.807, 2.05) is 26.0 Å². The van der Waals surface area contributed by atoms with Crippen LogP contribution in [0.2, 0.25) is 0 Å². The van der Waals surface area contributed by atoms with Crippen LogP contribution >= 0.6 is 0 Å². The summed E-state index contributed by atoms with van der Waals surface area (Å²) in [5, 5.41) is 5.34. The van der Waals surface area contributed by atoms with E-state index in [0.29, 0.717) is 60.9 Å². The van der Waals surface area contributed by atoms with Crippen LogP contribution in [0.1, 0.15) is 54.6 Å². The fourth-order valence-corrected chi connectivity index (χ4v) is 7.04. The minimum atomic E-state index is -3.57. The van der Waals surface area contributed by atoms with Crippen molar-refractivity contribution in [1.82, 2.24) is 9.21 Å². The number of aryl methyl sites for hydroxylation is 2. The Morgan fingerprint density at radius 1 is 0.838 bits per heavy atom. The predicted octanol–water partition coefficient (Wildman–Crippen LogP) is 3.54. The van der Waals surface area contributed by atoms with Crippen LogP contribution in [0.3, 0.4) is 0 Å². The molecule has 0 bridgehead atoms. The number of nitrogens with one attached hydrogen (secondary N) is 2. The fraction of sp³-hybridized carbons (Fsp3) is 0.444. The molecule has 2 saturated heterocycles. The maximum absolute atomic E-state index is 13.3. The summed E-state index contributed by atoms with van der Waals surface area (Å²) in [6.07, 6.45) is 2.21. The maximum atomic E-state index is 13.3. The average Bonchev–Trinajstić information content (AvgIpc) is 3.24. The first-order valence-electron chi connectivity index (χ1n) is 12.5. The second kappa shape index (κ2) is 10.3. The van der Waals surface area contributed by atoms with Crippen molar-refractivity contribution in [2.75, 3.05) is 36.8 Å². The van der Waals surface area contributed by atoms with Crippen LogP contribution < -0.4 is 10.6 Å². The van der Waals surface area contributed by atoms with Gasteiger partial charge in [-0.3, -0.25) is 14.4 Å². The summed E-state index contributed by atoms with van der Waals surface area (Å²) in [5.74, 6) is -0.736. The van der Waals surface area contributed by atoms with Gasteiger partial charge in [0.25, 0.3) is 5.91 Å². The number of rotatable bonds is 5. The summed E-state index contributed by atoms with van der Waals surface area (Å²) in [5.41, 5.74) is 2.76. The predicted molar refractivity (Wildman–Crippen MR) is 142 cm³/mol. The van der Waals surface area contributed by atoms with Crippen molar-refractivity contribution in [2.45, 2.75) is 51.9 Å². The van der Waals surface area contributed by atoms with Crippen LogP contribution in [0.5, 0.6) is 0 Å². The average molecular weight is 527 g/mol. The van der Waals surface area contributed by atoms with Gasteiger partial charge in [0, 0.05) is 45.6 Å². The first-order valence-corrected chi connectivity index (χ1v) is 13.9. The molecule has 0 saturated carbocycles. The number of benzene rings is 2. The quantitative estimate of drug-likeness (QED) is 0.618. The molecule has 0 radical (unpaired) electrons. The Morgan fingerprint density at radius 2 is 1.46 bits per heavy atom. The molecule has 1 spiro atoms. The third kappa shape index (κ3) is 5.70. The van der Waals surface area contributed by atoms with E-state index in [1.165, 1.54) is 13.8 Å². The number of nitrogens with zero attached hydrogens (tertiary/aromatic N) is 2. The van der Waals surface area contributed by atoms with Gasteiger partial charge in [-0.25, -0.2) is 8.42 Å². The normalized spacial score (nSPS) is 17.6. The number of piperidine rings is 1. The zero-order valence-electron chi connectivity index (χ0n) is 21.8.